The van der Waals surface area contributed by atoms with Crippen LogP contribution in [0.1, 0.15) is 43.2 Å². The van der Waals surface area contributed by atoms with Crippen LogP contribution in [0.2, 0.25) is 0 Å². The third-order valence-electron chi connectivity index (χ3n) is 3.95. The first-order valence-corrected chi connectivity index (χ1v) is 7.90. The maximum atomic E-state index is 11.7. The molecule has 0 spiro atoms. The summed E-state index contributed by atoms with van der Waals surface area (Å²) >= 11 is 0. The lowest BCUT2D eigenvalue weighted by atomic mass is 10.1. The van der Waals surface area contributed by atoms with E-state index < -0.39 is 0 Å². The summed E-state index contributed by atoms with van der Waals surface area (Å²) in [5, 5.41) is 5.91. The summed E-state index contributed by atoms with van der Waals surface area (Å²) in [4.78, 5) is 11.7. The van der Waals surface area contributed by atoms with Gasteiger partial charge in [-0.1, -0.05) is 31.0 Å². The normalized spacial score (nSPS) is 15.0. The van der Waals surface area contributed by atoms with Crippen molar-refractivity contribution in [3.63, 3.8) is 0 Å². The number of hydrogen-bond donors (Lipinski definition) is 2. The lowest BCUT2D eigenvalue weighted by Gasteiger charge is -2.14. The molecular weight excluding hydrogens is 264 g/mol. The molecule has 0 atom stereocenters. The number of para-hydroxylation sites is 1. The molecule has 1 saturated carbocycles. The minimum Gasteiger partial charge on any atom is -0.493 e. The summed E-state index contributed by atoms with van der Waals surface area (Å²) in [6, 6.07) is 6.46. The summed E-state index contributed by atoms with van der Waals surface area (Å²) in [6.07, 6.45) is 5.50. The summed E-state index contributed by atoms with van der Waals surface area (Å²) in [5.41, 5.74) is 2.31. The number of urea groups is 1. The molecule has 2 amide bonds. The Kier molecular flexibility index (Phi) is 5.90. The van der Waals surface area contributed by atoms with Crippen LogP contribution in [0, 0.1) is 13.8 Å². The second kappa shape index (κ2) is 7.91. The highest BCUT2D eigenvalue weighted by molar-refractivity contribution is 5.74. The first-order valence-electron chi connectivity index (χ1n) is 7.90. The molecule has 0 aliphatic heterocycles. The second-order valence-electron chi connectivity index (χ2n) is 5.80. The maximum Gasteiger partial charge on any atom is 0.315 e. The average Bonchev–Trinajstić information content (AvgIpc) is 2.94. The van der Waals surface area contributed by atoms with Gasteiger partial charge in [0.1, 0.15) is 5.75 Å². The largest absolute Gasteiger partial charge is 0.493 e. The van der Waals surface area contributed by atoms with E-state index in [1.165, 1.54) is 12.8 Å². The summed E-state index contributed by atoms with van der Waals surface area (Å²) in [6.45, 7) is 5.37. The molecule has 1 aliphatic carbocycles. The smallest absolute Gasteiger partial charge is 0.315 e. The third kappa shape index (κ3) is 4.96. The average molecular weight is 290 g/mol. The zero-order chi connectivity index (χ0) is 15.1. The van der Waals surface area contributed by atoms with Gasteiger partial charge in [-0.05, 0) is 44.2 Å². The molecule has 0 radical (unpaired) electrons. The van der Waals surface area contributed by atoms with Crippen molar-refractivity contribution in [2.45, 2.75) is 52.0 Å². The lowest BCUT2D eigenvalue weighted by molar-refractivity contribution is 0.235. The van der Waals surface area contributed by atoms with Crippen molar-refractivity contribution in [1.82, 2.24) is 10.6 Å². The summed E-state index contributed by atoms with van der Waals surface area (Å²) in [5.74, 6) is 0.966. The van der Waals surface area contributed by atoms with Crippen LogP contribution in [0.4, 0.5) is 4.79 Å². The Morgan fingerprint density at radius 3 is 2.57 bits per heavy atom. The van der Waals surface area contributed by atoms with Crippen LogP contribution in [-0.4, -0.2) is 25.2 Å². The van der Waals surface area contributed by atoms with Crippen molar-refractivity contribution in [3.8, 4) is 5.75 Å². The number of hydrogen-bond acceptors (Lipinski definition) is 2. The zero-order valence-electron chi connectivity index (χ0n) is 13.1. The lowest BCUT2D eigenvalue weighted by Crippen LogP contribution is -2.41. The standard InChI is InChI=1S/C17H26N2O2/c1-13-7-5-8-14(2)16(13)21-12-6-11-18-17(20)19-15-9-3-4-10-15/h5,7-8,15H,3-4,6,9-12H2,1-2H3,(H2,18,19,20). The van der Waals surface area contributed by atoms with Gasteiger partial charge in [-0.25, -0.2) is 4.79 Å². The van der Waals surface area contributed by atoms with E-state index in [4.69, 9.17) is 4.74 Å². The molecule has 0 saturated heterocycles. The maximum absolute atomic E-state index is 11.7. The number of amides is 2. The molecule has 2 N–H and O–H groups in total. The van der Waals surface area contributed by atoms with Gasteiger partial charge in [-0.15, -0.1) is 0 Å². The highest BCUT2D eigenvalue weighted by atomic mass is 16.5. The number of aryl methyl sites for hydroxylation is 2. The van der Waals surface area contributed by atoms with E-state index in [2.05, 4.69) is 36.6 Å². The van der Waals surface area contributed by atoms with Crippen LogP contribution in [0.25, 0.3) is 0 Å². The van der Waals surface area contributed by atoms with E-state index in [1.54, 1.807) is 0 Å². The summed E-state index contributed by atoms with van der Waals surface area (Å²) in [7, 11) is 0. The number of nitrogens with one attached hydrogen (secondary N) is 2. The monoisotopic (exact) mass is 290 g/mol. The van der Waals surface area contributed by atoms with Gasteiger partial charge in [0.2, 0.25) is 0 Å². The van der Waals surface area contributed by atoms with E-state index in [9.17, 15) is 4.79 Å². The van der Waals surface area contributed by atoms with E-state index in [-0.39, 0.29) is 6.03 Å². The fourth-order valence-corrected chi connectivity index (χ4v) is 2.78. The molecule has 4 heteroatoms. The molecule has 1 aliphatic rings. The van der Waals surface area contributed by atoms with Crippen molar-refractivity contribution in [1.29, 1.82) is 0 Å². The zero-order valence-corrected chi connectivity index (χ0v) is 13.1. The first kappa shape index (κ1) is 15.7. The highest BCUT2D eigenvalue weighted by Crippen LogP contribution is 2.22. The Labute approximate surface area is 127 Å². The Bertz CT molecular complexity index is 448. The van der Waals surface area contributed by atoms with E-state index in [0.717, 1.165) is 36.1 Å². The minimum atomic E-state index is -0.0472. The van der Waals surface area contributed by atoms with E-state index in [0.29, 0.717) is 19.2 Å². The van der Waals surface area contributed by atoms with Crippen molar-refractivity contribution in [3.05, 3.63) is 29.3 Å². The van der Waals surface area contributed by atoms with Crippen molar-refractivity contribution >= 4 is 6.03 Å². The Hall–Kier alpha value is -1.71. The van der Waals surface area contributed by atoms with Crippen LogP contribution in [0.5, 0.6) is 5.75 Å². The van der Waals surface area contributed by atoms with Crippen LogP contribution < -0.4 is 15.4 Å². The number of ether oxygens (including phenoxy) is 1. The van der Waals surface area contributed by atoms with Crippen molar-refractivity contribution in [2.75, 3.05) is 13.2 Å². The van der Waals surface area contributed by atoms with E-state index in [1.807, 2.05) is 6.07 Å². The Balaban J connectivity index is 1.60. The first-order chi connectivity index (χ1) is 10.2. The molecular formula is C17H26N2O2. The minimum absolute atomic E-state index is 0.0472. The van der Waals surface area contributed by atoms with E-state index >= 15 is 0 Å². The van der Waals surface area contributed by atoms with Crippen LogP contribution >= 0.6 is 0 Å². The molecule has 21 heavy (non-hydrogen) atoms. The molecule has 1 aromatic rings. The molecule has 0 bridgehead atoms. The molecule has 116 valence electrons. The molecule has 4 nitrogen and oxygen atoms in total. The molecule has 0 heterocycles. The van der Waals surface area contributed by atoms with Crippen LogP contribution in [0.3, 0.4) is 0 Å². The molecule has 1 fully saturated rings. The Morgan fingerprint density at radius 2 is 1.90 bits per heavy atom. The summed E-state index contributed by atoms with van der Waals surface area (Å²) < 4.78 is 5.81. The van der Waals surface area contributed by atoms with Gasteiger partial charge in [0, 0.05) is 12.6 Å². The second-order valence-corrected chi connectivity index (χ2v) is 5.80. The number of rotatable bonds is 6. The number of carbonyl (C=O) groups excluding carboxylic acids is 1. The van der Waals surface area contributed by atoms with Crippen molar-refractivity contribution < 1.29 is 9.53 Å². The topological polar surface area (TPSA) is 50.4 Å². The number of carbonyl (C=O) groups is 1. The predicted octanol–water partition coefficient (Wildman–Crippen LogP) is 3.31. The molecule has 0 aromatic heterocycles. The van der Waals surface area contributed by atoms with Crippen LogP contribution in [0.15, 0.2) is 18.2 Å². The fraction of sp³-hybridized carbons (Fsp3) is 0.588. The van der Waals surface area contributed by atoms with Gasteiger partial charge in [-0.2, -0.15) is 0 Å². The Morgan fingerprint density at radius 1 is 1.24 bits per heavy atom. The van der Waals surface area contributed by atoms with Gasteiger partial charge >= 0.3 is 6.03 Å². The fourth-order valence-electron chi connectivity index (χ4n) is 2.78. The third-order valence-corrected chi connectivity index (χ3v) is 3.95. The molecule has 0 unspecified atom stereocenters. The highest BCUT2D eigenvalue weighted by Gasteiger charge is 2.16. The van der Waals surface area contributed by atoms with Gasteiger partial charge < -0.3 is 15.4 Å². The van der Waals surface area contributed by atoms with Crippen molar-refractivity contribution in [2.24, 2.45) is 0 Å². The SMILES string of the molecule is Cc1cccc(C)c1OCCCNC(=O)NC1CCCC1. The van der Waals surface area contributed by atoms with Gasteiger partial charge in [-0.3, -0.25) is 0 Å². The van der Waals surface area contributed by atoms with Gasteiger partial charge in [0.25, 0.3) is 0 Å². The molecule has 1 aromatic carbocycles. The van der Waals surface area contributed by atoms with Gasteiger partial charge in [0.05, 0.1) is 6.61 Å². The quantitative estimate of drug-likeness (QED) is 0.790. The van der Waals surface area contributed by atoms with Crippen LogP contribution in [-0.2, 0) is 0 Å². The predicted molar refractivity (Wildman–Crippen MR) is 84.8 cm³/mol. The van der Waals surface area contributed by atoms with Gasteiger partial charge in [0.15, 0.2) is 0 Å². The molecule has 2 rings (SSSR count). The number of benzene rings is 1.